The predicted octanol–water partition coefficient (Wildman–Crippen LogP) is 3.34. The minimum Gasteiger partial charge on any atom is -0.492 e. The molecule has 2 rings (SSSR count). The Morgan fingerprint density at radius 2 is 1.76 bits per heavy atom. The van der Waals surface area contributed by atoms with Gasteiger partial charge in [-0.25, -0.2) is 4.79 Å². The molecule has 0 saturated carbocycles. The van der Waals surface area contributed by atoms with Crippen LogP contribution < -0.4 is 4.74 Å². The Labute approximate surface area is 152 Å². The van der Waals surface area contributed by atoms with Crippen molar-refractivity contribution in [2.75, 3.05) is 26.8 Å². The fraction of sp³-hybridized carbons (Fsp3) is 0.263. The summed E-state index contributed by atoms with van der Waals surface area (Å²) in [6.45, 7) is 2.22. The maximum absolute atomic E-state index is 12.0. The van der Waals surface area contributed by atoms with Gasteiger partial charge in [-0.15, -0.1) is 0 Å². The van der Waals surface area contributed by atoms with E-state index in [1.54, 1.807) is 43.4 Å². The van der Waals surface area contributed by atoms with Crippen molar-refractivity contribution in [3.05, 3.63) is 64.7 Å². The van der Waals surface area contributed by atoms with Gasteiger partial charge in [0.15, 0.2) is 6.61 Å². The van der Waals surface area contributed by atoms with E-state index in [0.717, 1.165) is 5.56 Å². The summed E-state index contributed by atoms with van der Waals surface area (Å²) in [7, 11) is 1.63. The number of likely N-dealkylation sites (N-methyl/N-ethyl adjacent to an activating group) is 1. The van der Waals surface area contributed by atoms with Gasteiger partial charge in [0.2, 0.25) is 0 Å². The first-order valence-corrected chi connectivity index (χ1v) is 8.20. The van der Waals surface area contributed by atoms with Crippen molar-refractivity contribution < 1.29 is 19.1 Å². The first kappa shape index (κ1) is 18.8. The van der Waals surface area contributed by atoms with Gasteiger partial charge in [0.1, 0.15) is 12.4 Å². The van der Waals surface area contributed by atoms with Crippen molar-refractivity contribution in [2.24, 2.45) is 0 Å². The van der Waals surface area contributed by atoms with Crippen molar-refractivity contribution in [3.8, 4) is 5.75 Å². The number of rotatable bonds is 7. The van der Waals surface area contributed by atoms with Gasteiger partial charge in [-0.2, -0.15) is 0 Å². The highest BCUT2D eigenvalue weighted by Gasteiger charge is 2.14. The number of halogens is 1. The molecule has 1 amide bonds. The van der Waals surface area contributed by atoms with Gasteiger partial charge in [0.05, 0.1) is 12.1 Å². The zero-order chi connectivity index (χ0) is 18.2. The lowest BCUT2D eigenvalue weighted by Gasteiger charge is -2.17. The number of aryl methyl sites for hydroxylation is 1. The average Bonchev–Trinajstić information content (AvgIpc) is 2.61. The summed E-state index contributed by atoms with van der Waals surface area (Å²) < 4.78 is 10.6. The molecule has 0 heterocycles. The molecular weight excluding hydrogens is 342 g/mol. The molecule has 0 unspecified atom stereocenters. The molecule has 0 atom stereocenters. The second-order valence-electron chi connectivity index (χ2n) is 5.51. The zero-order valence-electron chi connectivity index (χ0n) is 14.2. The highest BCUT2D eigenvalue weighted by molar-refractivity contribution is 6.30. The zero-order valence-corrected chi connectivity index (χ0v) is 15.0. The Hall–Kier alpha value is -2.53. The summed E-state index contributed by atoms with van der Waals surface area (Å²) in [6.07, 6.45) is 0. The lowest BCUT2D eigenvalue weighted by molar-refractivity contribution is -0.133. The Morgan fingerprint density at radius 1 is 1.08 bits per heavy atom. The Kier molecular flexibility index (Phi) is 6.83. The number of hydrogen-bond acceptors (Lipinski definition) is 4. The van der Waals surface area contributed by atoms with Crippen molar-refractivity contribution in [1.82, 2.24) is 4.90 Å². The van der Waals surface area contributed by atoms with Crippen molar-refractivity contribution in [2.45, 2.75) is 6.92 Å². The molecule has 0 saturated heterocycles. The number of benzene rings is 2. The number of ether oxygens (including phenoxy) is 2. The molecule has 0 fully saturated rings. The summed E-state index contributed by atoms with van der Waals surface area (Å²) in [5.74, 6) is -0.116. The molecule has 0 aliphatic carbocycles. The molecule has 0 aliphatic heterocycles. The molecule has 2 aromatic carbocycles. The Balaban J connectivity index is 1.73. The van der Waals surface area contributed by atoms with E-state index in [1.807, 2.05) is 19.1 Å². The van der Waals surface area contributed by atoms with Gasteiger partial charge in [-0.05, 0) is 42.8 Å². The highest BCUT2D eigenvalue weighted by Crippen LogP contribution is 2.15. The average molecular weight is 362 g/mol. The van der Waals surface area contributed by atoms with Gasteiger partial charge in [-0.1, -0.05) is 29.8 Å². The molecule has 132 valence electrons. The topological polar surface area (TPSA) is 55.8 Å². The minimum atomic E-state index is -0.503. The van der Waals surface area contributed by atoms with Crippen LogP contribution in [0.2, 0.25) is 5.02 Å². The van der Waals surface area contributed by atoms with Crippen LogP contribution in [-0.4, -0.2) is 43.6 Å². The normalized spacial score (nSPS) is 10.2. The van der Waals surface area contributed by atoms with Crippen LogP contribution in [0.1, 0.15) is 15.9 Å². The van der Waals surface area contributed by atoms with E-state index >= 15 is 0 Å². The van der Waals surface area contributed by atoms with Gasteiger partial charge in [0, 0.05) is 12.1 Å². The Morgan fingerprint density at radius 3 is 2.44 bits per heavy atom. The van der Waals surface area contributed by atoms with Gasteiger partial charge >= 0.3 is 5.97 Å². The fourth-order valence-corrected chi connectivity index (χ4v) is 2.20. The SMILES string of the molecule is Cc1ccccc1C(=O)OCC(=O)N(C)CCOc1ccc(Cl)cc1. The number of esters is 1. The van der Waals surface area contributed by atoms with Crippen molar-refractivity contribution >= 4 is 23.5 Å². The summed E-state index contributed by atoms with van der Waals surface area (Å²) in [5, 5.41) is 0.634. The number of hydrogen-bond donors (Lipinski definition) is 0. The van der Waals surface area contributed by atoms with Crippen LogP contribution in [0.5, 0.6) is 5.75 Å². The highest BCUT2D eigenvalue weighted by atomic mass is 35.5. The number of carbonyl (C=O) groups excluding carboxylic acids is 2. The van der Waals surface area contributed by atoms with E-state index in [0.29, 0.717) is 29.5 Å². The van der Waals surface area contributed by atoms with E-state index < -0.39 is 5.97 Å². The summed E-state index contributed by atoms with van der Waals surface area (Å²) in [5.41, 5.74) is 1.27. The largest absolute Gasteiger partial charge is 0.492 e. The van der Waals surface area contributed by atoms with Crippen LogP contribution in [-0.2, 0) is 9.53 Å². The lowest BCUT2D eigenvalue weighted by Crippen LogP contribution is -2.34. The van der Waals surface area contributed by atoms with Crippen LogP contribution in [0.3, 0.4) is 0 Å². The maximum Gasteiger partial charge on any atom is 0.338 e. The van der Waals surface area contributed by atoms with E-state index in [-0.39, 0.29) is 12.5 Å². The molecule has 6 heteroatoms. The van der Waals surface area contributed by atoms with E-state index in [2.05, 4.69) is 0 Å². The molecule has 0 aliphatic rings. The van der Waals surface area contributed by atoms with Crippen LogP contribution in [0.25, 0.3) is 0 Å². The number of carbonyl (C=O) groups is 2. The maximum atomic E-state index is 12.0. The van der Waals surface area contributed by atoms with Crippen LogP contribution >= 0.6 is 11.6 Å². The molecule has 5 nitrogen and oxygen atoms in total. The molecule has 2 aromatic rings. The lowest BCUT2D eigenvalue weighted by atomic mass is 10.1. The third kappa shape index (κ3) is 5.80. The monoisotopic (exact) mass is 361 g/mol. The minimum absolute atomic E-state index is 0.290. The Bertz CT molecular complexity index is 730. The van der Waals surface area contributed by atoms with Gasteiger partial charge in [-0.3, -0.25) is 4.79 Å². The van der Waals surface area contributed by atoms with Crippen LogP contribution in [0.4, 0.5) is 0 Å². The van der Waals surface area contributed by atoms with Gasteiger partial charge < -0.3 is 14.4 Å². The van der Waals surface area contributed by atoms with Crippen molar-refractivity contribution in [3.63, 3.8) is 0 Å². The first-order chi connectivity index (χ1) is 12.0. The third-order valence-corrected chi connectivity index (χ3v) is 3.88. The molecule has 25 heavy (non-hydrogen) atoms. The second-order valence-corrected chi connectivity index (χ2v) is 5.95. The smallest absolute Gasteiger partial charge is 0.338 e. The van der Waals surface area contributed by atoms with Crippen LogP contribution in [0, 0.1) is 6.92 Å². The fourth-order valence-electron chi connectivity index (χ4n) is 2.07. The first-order valence-electron chi connectivity index (χ1n) is 7.82. The van der Waals surface area contributed by atoms with E-state index in [4.69, 9.17) is 21.1 Å². The number of amides is 1. The molecule has 0 spiro atoms. The molecule has 0 bridgehead atoms. The summed E-state index contributed by atoms with van der Waals surface area (Å²) >= 11 is 5.80. The summed E-state index contributed by atoms with van der Waals surface area (Å²) in [6, 6.07) is 14.1. The van der Waals surface area contributed by atoms with E-state index in [9.17, 15) is 9.59 Å². The van der Waals surface area contributed by atoms with E-state index in [1.165, 1.54) is 4.90 Å². The summed E-state index contributed by atoms with van der Waals surface area (Å²) in [4.78, 5) is 25.5. The van der Waals surface area contributed by atoms with Crippen molar-refractivity contribution in [1.29, 1.82) is 0 Å². The van der Waals surface area contributed by atoms with Gasteiger partial charge in [0.25, 0.3) is 5.91 Å². The van der Waals surface area contributed by atoms with Crippen LogP contribution in [0.15, 0.2) is 48.5 Å². The predicted molar refractivity (Wildman–Crippen MR) is 96.0 cm³/mol. The second kappa shape index (κ2) is 9.08. The standard InChI is InChI=1S/C19H20ClNO4/c1-14-5-3-4-6-17(14)19(23)25-13-18(22)21(2)11-12-24-16-9-7-15(20)8-10-16/h3-10H,11-13H2,1-2H3. The quantitative estimate of drug-likeness (QED) is 0.710. The molecular formula is C19H20ClNO4. The third-order valence-electron chi connectivity index (χ3n) is 3.63. The molecule has 0 aromatic heterocycles. The number of nitrogens with zero attached hydrogens (tertiary/aromatic N) is 1. The molecule has 0 radical (unpaired) electrons. The molecule has 0 N–H and O–H groups in total.